The topological polar surface area (TPSA) is 43.4 Å². The van der Waals surface area contributed by atoms with Crippen molar-refractivity contribution in [1.29, 1.82) is 0 Å². The molecule has 19 heavy (non-hydrogen) atoms. The van der Waals surface area contributed by atoms with Crippen molar-refractivity contribution in [2.75, 3.05) is 7.11 Å². The third-order valence-electron chi connectivity index (χ3n) is 3.07. The number of methoxy groups -OCH3 is 1. The van der Waals surface area contributed by atoms with E-state index in [1.165, 1.54) is 7.11 Å². The number of hydrogen-bond acceptors (Lipinski definition) is 3. The van der Waals surface area contributed by atoms with Gasteiger partial charge in [-0.1, -0.05) is 36.7 Å². The Morgan fingerprint density at radius 3 is 2.42 bits per heavy atom. The fourth-order valence-corrected chi connectivity index (χ4v) is 2.42. The minimum Gasteiger partial charge on any atom is -0.496 e. The second-order valence-corrected chi connectivity index (χ2v) is 5.67. The zero-order valence-corrected chi connectivity index (χ0v) is 13.3. The maximum absolute atomic E-state index is 12.6. The number of rotatable bonds is 6. The van der Waals surface area contributed by atoms with Gasteiger partial charge < -0.3 is 4.74 Å². The van der Waals surface area contributed by atoms with Gasteiger partial charge in [-0.05, 0) is 24.1 Å². The summed E-state index contributed by atoms with van der Waals surface area (Å²) < 4.78 is 6.07. The van der Waals surface area contributed by atoms with Crippen molar-refractivity contribution in [3.63, 3.8) is 0 Å². The summed E-state index contributed by atoms with van der Waals surface area (Å²) in [5.41, 5.74) is 0.464. The Labute approximate surface area is 122 Å². The van der Waals surface area contributed by atoms with E-state index >= 15 is 0 Å². The Kier molecular flexibility index (Phi) is 5.73. The van der Waals surface area contributed by atoms with Gasteiger partial charge in [-0.2, -0.15) is 0 Å². The fraction of sp³-hybridized carbons (Fsp3) is 0.467. The van der Waals surface area contributed by atoms with Gasteiger partial charge in [0.1, 0.15) is 11.5 Å². The monoisotopic (exact) mass is 326 g/mol. The lowest BCUT2D eigenvalue weighted by Crippen LogP contribution is -2.29. The zero-order valence-electron chi connectivity index (χ0n) is 11.7. The maximum Gasteiger partial charge on any atom is 0.177 e. The summed E-state index contributed by atoms with van der Waals surface area (Å²) in [6.07, 6.45) is 0.368. The van der Waals surface area contributed by atoms with Crippen LogP contribution in [-0.4, -0.2) is 18.7 Å². The molecule has 0 heterocycles. The third-order valence-corrected chi connectivity index (χ3v) is 3.57. The van der Waals surface area contributed by atoms with Crippen LogP contribution in [0.5, 0.6) is 5.75 Å². The Balaban J connectivity index is 3.20. The molecule has 0 N–H and O–H groups in total. The molecule has 1 aromatic rings. The lowest BCUT2D eigenvalue weighted by Gasteiger charge is -2.19. The smallest absolute Gasteiger partial charge is 0.177 e. The molecular weight excluding hydrogens is 308 g/mol. The molecule has 1 atom stereocenters. The van der Waals surface area contributed by atoms with Gasteiger partial charge in [0.15, 0.2) is 5.78 Å². The number of ketones is 2. The van der Waals surface area contributed by atoms with Crippen LogP contribution in [0.3, 0.4) is 0 Å². The molecule has 0 fully saturated rings. The highest BCUT2D eigenvalue weighted by Gasteiger charge is 2.30. The molecule has 1 unspecified atom stereocenters. The molecule has 0 spiro atoms. The molecule has 0 saturated heterocycles. The largest absolute Gasteiger partial charge is 0.496 e. The molecule has 0 radical (unpaired) electrons. The molecule has 0 aliphatic rings. The van der Waals surface area contributed by atoms with E-state index < -0.39 is 5.92 Å². The highest BCUT2D eigenvalue weighted by molar-refractivity contribution is 9.10. The van der Waals surface area contributed by atoms with E-state index in [9.17, 15) is 9.59 Å². The predicted molar refractivity (Wildman–Crippen MR) is 78.7 cm³/mol. The third kappa shape index (κ3) is 3.66. The van der Waals surface area contributed by atoms with Crippen LogP contribution in [0.2, 0.25) is 0 Å². The Bertz CT molecular complexity index is 480. The molecule has 1 rings (SSSR count). The minimum atomic E-state index is -0.597. The van der Waals surface area contributed by atoms with E-state index in [1.54, 1.807) is 25.1 Å². The number of carbonyl (C=O) groups is 2. The van der Waals surface area contributed by atoms with Gasteiger partial charge in [-0.3, -0.25) is 9.59 Å². The molecule has 104 valence electrons. The molecule has 0 amide bonds. The van der Waals surface area contributed by atoms with Gasteiger partial charge >= 0.3 is 0 Å². The van der Waals surface area contributed by atoms with Crippen molar-refractivity contribution < 1.29 is 14.3 Å². The van der Waals surface area contributed by atoms with Crippen LogP contribution in [0.4, 0.5) is 0 Å². The second-order valence-electron chi connectivity index (χ2n) is 4.75. The van der Waals surface area contributed by atoms with Crippen molar-refractivity contribution in [3.8, 4) is 5.75 Å². The van der Waals surface area contributed by atoms with Crippen LogP contribution in [0.15, 0.2) is 22.7 Å². The number of benzene rings is 1. The summed E-state index contributed by atoms with van der Waals surface area (Å²) in [6, 6.07) is 5.22. The Hall–Kier alpha value is -1.16. The number of carbonyl (C=O) groups excluding carboxylic acids is 2. The maximum atomic E-state index is 12.6. The van der Waals surface area contributed by atoms with E-state index in [0.717, 1.165) is 4.47 Å². The van der Waals surface area contributed by atoms with Crippen molar-refractivity contribution in [3.05, 3.63) is 28.2 Å². The Morgan fingerprint density at radius 1 is 1.32 bits per heavy atom. The number of ether oxygens (including phenoxy) is 1. The van der Waals surface area contributed by atoms with Gasteiger partial charge in [0.2, 0.25) is 0 Å². The van der Waals surface area contributed by atoms with Crippen molar-refractivity contribution in [2.24, 2.45) is 11.8 Å². The molecule has 0 aromatic heterocycles. The summed E-state index contributed by atoms with van der Waals surface area (Å²) >= 11 is 3.34. The van der Waals surface area contributed by atoms with Crippen molar-refractivity contribution in [2.45, 2.75) is 27.2 Å². The first-order valence-electron chi connectivity index (χ1n) is 6.32. The highest BCUT2D eigenvalue weighted by Crippen LogP contribution is 2.28. The molecule has 0 bridgehead atoms. The standard InChI is InChI=1S/C15H19BrO3/c1-5-12(17)14(9(2)3)15(18)11-7-6-10(16)8-13(11)19-4/h6-9,14H,5H2,1-4H3. The fourth-order valence-electron chi connectivity index (χ4n) is 2.08. The number of halogens is 1. The zero-order chi connectivity index (χ0) is 14.6. The Morgan fingerprint density at radius 2 is 1.95 bits per heavy atom. The molecule has 0 aliphatic carbocycles. The van der Waals surface area contributed by atoms with Gasteiger partial charge in [-0.15, -0.1) is 0 Å². The molecule has 0 aliphatic heterocycles. The van der Waals surface area contributed by atoms with Gasteiger partial charge in [0.05, 0.1) is 18.6 Å². The average Bonchev–Trinajstić information content (AvgIpc) is 2.37. The van der Waals surface area contributed by atoms with Crippen LogP contribution in [0.25, 0.3) is 0 Å². The molecule has 0 saturated carbocycles. The van der Waals surface area contributed by atoms with Crippen LogP contribution in [-0.2, 0) is 4.79 Å². The normalized spacial score (nSPS) is 12.3. The highest BCUT2D eigenvalue weighted by atomic mass is 79.9. The average molecular weight is 327 g/mol. The quantitative estimate of drug-likeness (QED) is 0.588. The number of hydrogen-bond donors (Lipinski definition) is 0. The number of Topliss-reactive ketones (excluding diaryl/α,β-unsaturated/α-hetero) is 2. The minimum absolute atomic E-state index is 0.0201. The van der Waals surface area contributed by atoms with E-state index in [2.05, 4.69) is 15.9 Å². The van der Waals surface area contributed by atoms with Crippen molar-refractivity contribution >= 4 is 27.5 Å². The van der Waals surface area contributed by atoms with Crippen LogP contribution >= 0.6 is 15.9 Å². The van der Waals surface area contributed by atoms with E-state index in [-0.39, 0.29) is 17.5 Å². The van der Waals surface area contributed by atoms with Gasteiger partial charge in [0, 0.05) is 10.9 Å². The summed E-state index contributed by atoms with van der Waals surface area (Å²) in [7, 11) is 1.52. The summed E-state index contributed by atoms with van der Waals surface area (Å²) in [5.74, 6) is -0.307. The summed E-state index contributed by atoms with van der Waals surface area (Å²) in [5, 5.41) is 0. The molecule has 4 heteroatoms. The first-order valence-corrected chi connectivity index (χ1v) is 7.12. The van der Waals surface area contributed by atoms with Gasteiger partial charge in [0.25, 0.3) is 0 Å². The first kappa shape index (κ1) is 15.9. The van der Waals surface area contributed by atoms with Gasteiger partial charge in [-0.25, -0.2) is 0 Å². The van der Waals surface area contributed by atoms with E-state index in [1.807, 2.05) is 13.8 Å². The molecular formula is C15H19BrO3. The predicted octanol–water partition coefficient (Wildman–Crippen LogP) is 3.89. The van der Waals surface area contributed by atoms with Crippen molar-refractivity contribution in [1.82, 2.24) is 0 Å². The van der Waals surface area contributed by atoms with Crippen LogP contribution < -0.4 is 4.74 Å². The summed E-state index contributed by atoms with van der Waals surface area (Å²) in [4.78, 5) is 24.5. The molecule has 1 aromatic carbocycles. The van der Waals surface area contributed by atoms with E-state index in [0.29, 0.717) is 17.7 Å². The van der Waals surface area contributed by atoms with Crippen LogP contribution in [0.1, 0.15) is 37.6 Å². The lowest BCUT2D eigenvalue weighted by molar-refractivity contribution is -0.122. The van der Waals surface area contributed by atoms with E-state index in [4.69, 9.17) is 4.74 Å². The first-order chi connectivity index (χ1) is 8.92. The van der Waals surface area contributed by atoms with Crippen LogP contribution in [0, 0.1) is 11.8 Å². The summed E-state index contributed by atoms with van der Waals surface area (Å²) in [6.45, 7) is 5.56. The molecule has 3 nitrogen and oxygen atoms in total. The lowest BCUT2D eigenvalue weighted by atomic mass is 9.83. The SMILES string of the molecule is CCC(=O)C(C(=O)c1ccc(Br)cc1OC)C(C)C. The second kappa shape index (κ2) is 6.85.